The lowest BCUT2D eigenvalue weighted by Gasteiger charge is -2.10. The summed E-state index contributed by atoms with van der Waals surface area (Å²) in [5.74, 6) is 0.0285. The molecule has 0 unspecified atom stereocenters. The molecule has 0 bridgehead atoms. The summed E-state index contributed by atoms with van der Waals surface area (Å²) >= 11 is 0. The van der Waals surface area contributed by atoms with Crippen LogP contribution in [0.15, 0.2) is 5.10 Å². The molecule has 0 radical (unpaired) electrons. The molecule has 2 N–H and O–H groups in total. The molecular formula is C13H23N3O3. The maximum atomic E-state index is 11.7. The predicted molar refractivity (Wildman–Crippen MR) is 73.2 cm³/mol. The Bertz CT molecular complexity index is 342. The standard InChI is InChI=1S/C13H23N3O3/c1-2-3-4-5-6-9-16-12(17)10-11(15-16)7-8-14-13(18)19/h14H,2-10H2,1H3,(H,18,19). The van der Waals surface area contributed by atoms with Crippen molar-refractivity contribution >= 4 is 17.7 Å². The molecule has 0 aromatic heterocycles. The van der Waals surface area contributed by atoms with Gasteiger partial charge < -0.3 is 10.4 Å². The lowest BCUT2D eigenvalue weighted by atomic mass is 10.1. The number of hydrazone groups is 1. The van der Waals surface area contributed by atoms with E-state index in [-0.39, 0.29) is 5.91 Å². The van der Waals surface area contributed by atoms with E-state index >= 15 is 0 Å². The fraction of sp³-hybridized carbons (Fsp3) is 0.769. The summed E-state index contributed by atoms with van der Waals surface area (Å²) in [7, 11) is 0. The number of rotatable bonds is 9. The average molecular weight is 269 g/mol. The van der Waals surface area contributed by atoms with E-state index in [4.69, 9.17) is 5.11 Å². The van der Waals surface area contributed by atoms with Gasteiger partial charge in [0.25, 0.3) is 0 Å². The van der Waals surface area contributed by atoms with Crippen LogP contribution in [-0.2, 0) is 4.79 Å². The van der Waals surface area contributed by atoms with Crippen molar-refractivity contribution in [2.75, 3.05) is 13.1 Å². The summed E-state index contributed by atoms with van der Waals surface area (Å²) in [5, 5.41) is 16.5. The van der Waals surface area contributed by atoms with Crippen LogP contribution >= 0.6 is 0 Å². The van der Waals surface area contributed by atoms with Gasteiger partial charge in [0.15, 0.2) is 0 Å². The normalized spacial score (nSPS) is 14.7. The molecule has 0 saturated heterocycles. The van der Waals surface area contributed by atoms with Gasteiger partial charge in [-0.15, -0.1) is 0 Å². The van der Waals surface area contributed by atoms with Crippen LogP contribution in [0.5, 0.6) is 0 Å². The summed E-state index contributed by atoms with van der Waals surface area (Å²) in [5.41, 5.74) is 0.771. The summed E-state index contributed by atoms with van der Waals surface area (Å²) in [6.45, 7) is 3.16. The van der Waals surface area contributed by atoms with Crippen molar-refractivity contribution < 1.29 is 14.7 Å². The number of carbonyl (C=O) groups is 2. The number of nitrogens with one attached hydrogen (secondary N) is 1. The smallest absolute Gasteiger partial charge is 0.404 e. The second-order valence-corrected chi connectivity index (χ2v) is 4.76. The van der Waals surface area contributed by atoms with Crippen molar-refractivity contribution in [3.63, 3.8) is 0 Å². The number of nitrogens with zero attached hydrogens (tertiary/aromatic N) is 2. The molecule has 19 heavy (non-hydrogen) atoms. The third kappa shape index (κ3) is 6.22. The van der Waals surface area contributed by atoms with Crippen LogP contribution in [0.25, 0.3) is 0 Å². The Labute approximate surface area is 113 Å². The highest BCUT2D eigenvalue weighted by Gasteiger charge is 2.22. The molecule has 1 heterocycles. The van der Waals surface area contributed by atoms with E-state index in [1.807, 2.05) is 0 Å². The Morgan fingerprint density at radius 2 is 2.11 bits per heavy atom. The second kappa shape index (κ2) is 8.50. The van der Waals surface area contributed by atoms with Crippen molar-refractivity contribution in [3.8, 4) is 0 Å². The predicted octanol–water partition coefficient (Wildman–Crippen LogP) is 2.20. The molecular weight excluding hydrogens is 246 g/mol. The minimum absolute atomic E-state index is 0.0285. The van der Waals surface area contributed by atoms with E-state index in [1.165, 1.54) is 24.3 Å². The van der Waals surface area contributed by atoms with Gasteiger partial charge in [-0.25, -0.2) is 9.80 Å². The number of hydrogen-bond acceptors (Lipinski definition) is 3. The van der Waals surface area contributed by atoms with Gasteiger partial charge in [-0.2, -0.15) is 5.10 Å². The lowest BCUT2D eigenvalue weighted by Crippen LogP contribution is -2.23. The van der Waals surface area contributed by atoms with Crippen molar-refractivity contribution in [1.82, 2.24) is 10.3 Å². The van der Waals surface area contributed by atoms with Crippen LogP contribution in [0.1, 0.15) is 51.9 Å². The Morgan fingerprint density at radius 1 is 1.37 bits per heavy atom. The number of unbranched alkanes of at least 4 members (excludes halogenated alkanes) is 4. The quantitative estimate of drug-likeness (QED) is 0.629. The molecule has 6 heteroatoms. The minimum atomic E-state index is -1.04. The molecule has 1 aliphatic heterocycles. The molecule has 0 atom stereocenters. The molecule has 0 aromatic carbocycles. The first-order valence-corrected chi connectivity index (χ1v) is 6.97. The molecule has 1 rings (SSSR count). The molecule has 0 saturated carbocycles. The van der Waals surface area contributed by atoms with Gasteiger partial charge in [-0.05, 0) is 6.42 Å². The maximum Gasteiger partial charge on any atom is 0.404 e. The number of carboxylic acid groups (broad SMARTS) is 1. The summed E-state index contributed by atoms with van der Waals surface area (Å²) in [4.78, 5) is 22.0. The minimum Gasteiger partial charge on any atom is -0.465 e. The third-order valence-corrected chi connectivity index (χ3v) is 3.07. The second-order valence-electron chi connectivity index (χ2n) is 4.76. The monoisotopic (exact) mass is 269 g/mol. The number of amides is 2. The molecule has 2 amide bonds. The van der Waals surface area contributed by atoms with Crippen LogP contribution in [0, 0.1) is 0 Å². The fourth-order valence-electron chi connectivity index (χ4n) is 2.02. The summed E-state index contributed by atoms with van der Waals surface area (Å²) < 4.78 is 0. The lowest BCUT2D eigenvalue weighted by molar-refractivity contribution is -0.128. The Morgan fingerprint density at radius 3 is 2.79 bits per heavy atom. The van der Waals surface area contributed by atoms with Crippen LogP contribution in [0.3, 0.4) is 0 Å². The molecule has 0 aromatic rings. The van der Waals surface area contributed by atoms with Crippen LogP contribution < -0.4 is 5.32 Å². The molecule has 1 aliphatic rings. The molecule has 0 aliphatic carbocycles. The first-order chi connectivity index (χ1) is 9.13. The Hall–Kier alpha value is -1.59. The van der Waals surface area contributed by atoms with Gasteiger partial charge in [0.2, 0.25) is 5.91 Å². The van der Waals surface area contributed by atoms with Crippen molar-refractivity contribution in [2.24, 2.45) is 5.10 Å². The van der Waals surface area contributed by atoms with E-state index in [1.54, 1.807) is 0 Å². The number of carbonyl (C=O) groups excluding carboxylic acids is 1. The zero-order valence-electron chi connectivity index (χ0n) is 11.5. The van der Waals surface area contributed by atoms with E-state index < -0.39 is 6.09 Å². The van der Waals surface area contributed by atoms with Gasteiger partial charge in [0.05, 0.1) is 6.42 Å². The largest absolute Gasteiger partial charge is 0.465 e. The highest BCUT2D eigenvalue weighted by Crippen LogP contribution is 2.12. The van der Waals surface area contributed by atoms with Crippen molar-refractivity contribution in [2.45, 2.75) is 51.9 Å². The molecule has 0 fully saturated rings. The SMILES string of the molecule is CCCCCCCN1N=C(CCNC(=O)O)CC1=O. The molecule has 6 nitrogen and oxygen atoms in total. The van der Waals surface area contributed by atoms with Gasteiger partial charge >= 0.3 is 6.09 Å². The van der Waals surface area contributed by atoms with Crippen molar-refractivity contribution in [3.05, 3.63) is 0 Å². The average Bonchev–Trinajstić information content (AvgIpc) is 2.69. The molecule has 0 spiro atoms. The van der Waals surface area contributed by atoms with Crippen LogP contribution in [0.2, 0.25) is 0 Å². The van der Waals surface area contributed by atoms with E-state index in [9.17, 15) is 9.59 Å². The van der Waals surface area contributed by atoms with Gasteiger partial charge in [0, 0.05) is 25.2 Å². The van der Waals surface area contributed by atoms with Crippen molar-refractivity contribution in [1.29, 1.82) is 0 Å². The highest BCUT2D eigenvalue weighted by atomic mass is 16.4. The topological polar surface area (TPSA) is 82.0 Å². The Balaban J connectivity index is 2.21. The highest BCUT2D eigenvalue weighted by molar-refractivity contribution is 6.05. The first-order valence-electron chi connectivity index (χ1n) is 6.97. The number of hydrogen-bond donors (Lipinski definition) is 2. The zero-order chi connectivity index (χ0) is 14.1. The van der Waals surface area contributed by atoms with Gasteiger partial charge in [-0.3, -0.25) is 4.79 Å². The third-order valence-electron chi connectivity index (χ3n) is 3.07. The van der Waals surface area contributed by atoms with Crippen LogP contribution in [0.4, 0.5) is 4.79 Å². The zero-order valence-corrected chi connectivity index (χ0v) is 11.5. The van der Waals surface area contributed by atoms with Crippen LogP contribution in [-0.4, -0.2) is 40.9 Å². The van der Waals surface area contributed by atoms with Gasteiger partial charge in [0.1, 0.15) is 0 Å². The van der Waals surface area contributed by atoms with E-state index in [2.05, 4.69) is 17.3 Å². The Kier molecular flexibility index (Phi) is 6.92. The van der Waals surface area contributed by atoms with Gasteiger partial charge in [-0.1, -0.05) is 32.6 Å². The molecule has 108 valence electrons. The summed E-state index contributed by atoms with van der Waals surface area (Å²) in [6.07, 6.45) is 5.56. The van der Waals surface area contributed by atoms with E-state index in [0.29, 0.717) is 25.9 Å². The fourth-order valence-corrected chi connectivity index (χ4v) is 2.02. The first kappa shape index (κ1) is 15.5. The maximum absolute atomic E-state index is 11.7. The van der Waals surface area contributed by atoms with E-state index in [0.717, 1.165) is 18.6 Å². The summed E-state index contributed by atoms with van der Waals surface area (Å²) in [6, 6.07) is 0.